The van der Waals surface area contributed by atoms with Crippen LogP contribution in [0.15, 0.2) is 24.3 Å². The van der Waals surface area contributed by atoms with Gasteiger partial charge in [-0.3, -0.25) is 14.4 Å². The molecule has 2 N–H and O–H groups in total. The van der Waals surface area contributed by atoms with Crippen molar-refractivity contribution in [2.45, 2.75) is 26.0 Å². The van der Waals surface area contributed by atoms with Gasteiger partial charge in [0.15, 0.2) is 0 Å². The molecule has 1 aromatic rings. The molecule has 0 aromatic heterocycles. The number of anilines is 2. The largest absolute Gasteiger partial charge is 0.384 e. The van der Waals surface area contributed by atoms with Gasteiger partial charge in [0.05, 0.1) is 17.9 Å². The number of nitrogens with one attached hydrogen (secondary N) is 1. The average Bonchev–Trinajstić information content (AvgIpc) is 2.58. The van der Waals surface area contributed by atoms with Crippen LogP contribution >= 0.6 is 0 Å². The summed E-state index contributed by atoms with van der Waals surface area (Å²) in [5.74, 6) is -1.22. The molecule has 0 saturated carbocycles. The Hall–Kier alpha value is -2.41. The molecule has 2 rings (SSSR count). The van der Waals surface area contributed by atoms with Crippen molar-refractivity contribution in [3.63, 3.8) is 0 Å². The fourth-order valence-corrected chi connectivity index (χ4v) is 2.39. The predicted molar refractivity (Wildman–Crippen MR) is 81.5 cm³/mol. The first-order chi connectivity index (χ1) is 10.3. The minimum absolute atomic E-state index is 0.0218. The lowest BCUT2D eigenvalue weighted by molar-refractivity contribution is -0.132. The van der Waals surface area contributed by atoms with Crippen molar-refractivity contribution in [3.05, 3.63) is 24.3 Å². The van der Waals surface area contributed by atoms with Gasteiger partial charge in [0.2, 0.25) is 11.8 Å². The lowest BCUT2D eigenvalue weighted by Gasteiger charge is -2.24. The molecule has 118 valence electrons. The van der Waals surface area contributed by atoms with Crippen molar-refractivity contribution in [2.75, 3.05) is 23.4 Å². The second-order valence-electron chi connectivity index (χ2n) is 5.25. The number of rotatable bonds is 2. The van der Waals surface area contributed by atoms with Crippen LogP contribution < -0.4 is 15.1 Å². The van der Waals surface area contributed by atoms with E-state index in [1.165, 1.54) is 23.6 Å². The van der Waals surface area contributed by atoms with E-state index in [0.717, 1.165) is 0 Å². The number of nitrogens with zero attached hydrogens (tertiary/aromatic N) is 2. The Bertz CT molecular complexity index is 615. The van der Waals surface area contributed by atoms with Crippen LogP contribution in [0.4, 0.5) is 11.4 Å². The lowest BCUT2D eigenvalue weighted by Crippen LogP contribution is -2.53. The molecule has 0 radical (unpaired) electrons. The number of para-hydroxylation sites is 2. The normalized spacial score (nSPS) is 19.3. The SMILES string of the molecule is CC(=O)N1CC(NC(=O)C(C)O)C(=O)N(C)c2ccccc21. The third-order valence-electron chi connectivity index (χ3n) is 3.60. The number of amides is 3. The van der Waals surface area contributed by atoms with Crippen LogP contribution in [0, 0.1) is 0 Å². The first kappa shape index (κ1) is 16.0. The molecular weight excluding hydrogens is 286 g/mol. The van der Waals surface area contributed by atoms with Crippen molar-refractivity contribution in [2.24, 2.45) is 0 Å². The van der Waals surface area contributed by atoms with Crippen LogP contribution in [-0.2, 0) is 14.4 Å². The number of aliphatic hydroxyl groups is 1. The van der Waals surface area contributed by atoms with Crippen molar-refractivity contribution in [1.29, 1.82) is 0 Å². The van der Waals surface area contributed by atoms with Crippen LogP contribution in [0.2, 0.25) is 0 Å². The first-order valence-electron chi connectivity index (χ1n) is 6.96. The molecule has 0 bridgehead atoms. The quantitative estimate of drug-likeness (QED) is 0.797. The summed E-state index contributed by atoms with van der Waals surface area (Å²) < 4.78 is 0. The molecule has 0 saturated heterocycles. The molecule has 22 heavy (non-hydrogen) atoms. The lowest BCUT2D eigenvalue weighted by atomic mass is 10.2. The molecule has 0 aliphatic carbocycles. The summed E-state index contributed by atoms with van der Waals surface area (Å²) in [5.41, 5.74) is 1.20. The Morgan fingerprint density at radius 2 is 1.91 bits per heavy atom. The highest BCUT2D eigenvalue weighted by Gasteiger charge is 2.34. The molecule has 2 unspecified atom stereocenters. The third kappa shape index (κ3) is 2.94. The number of carbonyl (C=O) groups excluding carboxylic acids is 3. The van der Waals surface area contributed by atoms with Crippen molar-refractivity contribution < 1.29 is 19.5 Å². The van der Waals surface area contributed by atoms with E-state index < -0.39 is 18.1 Å². The fraction of sp³-hybridized carbons (Fsp3) is 0.400. The van der Waals surface area contributed by atoms with Gasteiger partial charge in [-0.15, -0.1) is 0 Å². The predicted octanol–water partition coefficient (Wildman–Crippen LogP) is -0.118. The van der Waals surface area contributed by atoms with E-state index in [-0.39, 0.29) is 18.4 Å². The van der Waals surface area contributed by atoms with Gasteiger partial charge < -0.3 is 20.2 Å². The Labute approximate surface area is 128 Å². The third-order valence-corrected chi connectivity index (χ3v) is 3.60. The zero-order valence-corrected chi connectivity index (χ0v) is 12.7. The van der Waals surface area contributed by atoms with E-state index in [2.05, 4.69) is 5.32 Å². The summed E-state index contributed by atoms with van der Waals surface area (Å²) >= 11 is 0. The highest BCUT2D eigenvalue weighted by Crippen LogP contribution is 2.31. The fourth-order valence-electron chi connectivity index (χ4n) is 2.39. The minimum Gasteiger partial charge on any atom is -0.384 e. The van der Waals surface area contributed by atoms with Gasteiger partial charge in [0.25, 0.3) is 5.91 Å². The Balaban J connectivity index is 2.41. The molecule has 2 atom stereocenters. The molecule has 0 fully saturated rings. The average molecular weight is 305 g/mol. The second kappa shape index (κ2) is 6.15. The van der Waals surface area contributed by atoms with Crippen LogP contribution in [0.1, 0.15) is 13.8 Å². The van der Waals surface area contributed by atoms with Gasteiger partial charge >= 0.3 is 0 Å². The van der Waals surface area contributed by atoms with E-state index in [1.54, 1.807) is 31.3 Å². The zero-order chi connectivity index (χ0) is 16.4. The maximum atomic E-state index is 12.5. The summed E-state index contributed by atoms with van der Waals surface area (Å²) in [6, 6.07) is 6.13. The van der Waals surface area contributed by atoms with Crippen LogP contribution in [-0.4, -0.2) is 48.6 Å². The van der Waals surface area contributed by atoms with Crippen molar-refractivity contribution in [1.82, 2.24) is 5.32 Å². The van der Waals surface area contributed by atoms with Gasteiger partial charge in [-0.25, -0.2) is 0 Å². The van der Waals surface area contributed by atoms with Gasteiger partial charge in [0, 0.05) is 14.0 Å². The number of hydrogen-bond donors (Lipinski definition) is 2. The van der Waals surface area contributed by atoms with Crippen LogP contribution in [0.25, 0.3) is 0 Å². The van der Waals surface area contributed by atoms with Gasteiger partial charge in [-0.2, -0.15) is 0 Å². The molecular formula is C15H19N3O4. The molecule has 1 aliphatic heterocycles. The van der Waals surface area contributed by atoms with E-state index in [4.69, 9.17) is 0 Å². The molecule has 1 aliphatic rings. The highest BCUT2D eigenvalue weighted by atomic mass is 16.3. The summed E-state index contributed by atoms with van der Waals surface area (Å²) in [5, 5.41) is 11.8. The monoisotopic (exact) mass is 305 g/mol. The van der Waals surface area contributed by atoms with Gasteiger partial charge in [-0.1, -0.05) is 12.1 Å². The highest BCUT2D eigenvalue weighted by molar-refractivity contribution is 6.07. The van der Waals surface area contributed by atoms with E-state index in [9.17, 15) is 19.5 Å². The minimum atomic E-state index is -1.23. The topological polar surface area (TPSA) is 90.0 Å². The summed E-state index contributed by atoms with van der Waals surface area (Å²) in [7, 11) is 1.59. The second-order valence-corrected chi connectivity index (χ2v) is 5.25. The maximum Gasteiger partial charge on any atom is 0.251 e. The van der Waals surface area contributed by atoms with E-state index >= 15 is 0 Å². The standard InChI is InChI=1S/C15H19N3O4/c1-9(19)14(21)16-11-8-18(10(2)20)13-7-5-4-6-12(13)17(3)15(11)22/h4-7,9,11,19H,8H2,1-3H3,(H,16,21). The van der Waals surface area contributed by atoms with Crippen LogP contribution in [0.5, 0.6) is 0 Å². The molecule has 1 heterocycles. The number of benzene rings is 1. The molecule has 7 nitrogen and oxygen atoms in total. The number of fused-ring (bicyclic) bond motifs is 1. The maximum absolute atomic E-state index is 12.5. The van der Waals surface area contributed by atoms with Crippen LogP contribution in [0.3, 0.4) is 0 Å². The molecule has 3 amide bonds. The van der Waals surface area contributed by atoms with E-state index in [1.807, 2.05) is 0 Å². The summed E-state index contributed by atoms with van der Waals surface area (Å²) in [4.78, 5) is 39.0. The first-order valence-corrected chi connectivity index (χ1v) is 6.96. The van der Waals surface area contributed by atoms with Gasteiger partial charge in [0.1, 0.15) is 12.1 Å². The Kier molecular flexibility index (Phi) is 4.46. The molecule has 0 spiro atoms. The zero-order valence-electron chi connectivity index (χ0n) is 12.7. The summed E-state index contributed by atoms with van der Waals surface area (Å²) in [6.07, 6.45) is -1.23. The van der Waals surface area contributed by atoms with Crippen molar-refractivity contribution in [3.8, 4) is 0 Å². The molecule has 1 aromatic carbocycles. The Morgan fingerprint density at radius 1 is 1.32 bits per heavy atom. The number of aliphatic hydroxyl groups excluding tert-OH is 1. The number of carbonyl (C=O) groups is 3. The Morgan fingerprint density at radius 3 is 2.45 bits per heavy atom. The number of likely N-dealkylation sites (N-methyl/N-ethyl adjacent to an activating group) is 1. The van der Waals surface area contributed by atoms with E-state index in [0.29, 0.717) is 11.4 Å². The summed E-state index contributed by atoms with van der Waals surface area (Å²) in [6.45, 7) is 2.74. The van der Waals surface area contributed by atoms with Crippen molar-refractivity contribution >= 4 is 29.1 Å². The molecule has 7 heteroatoms. The smallest absolute Gasteiger partial charge is 0.251 e. The number of hydrogen-bond acceptors (Lipinski definition) is 4. The van der Waals surface area contributed by atoms with Gasteiger partial charge in [-0.05, 0) is 19.1 Å².